The van der Waals surface area contributed by atoms with Gasteiger partial charge < -0.3 is 4.74 Å². The number of benzene rings is 1. The van der Waals surface area contributed by atoms with Crippen molar-refractivity contribution in [1.82, 2.24) is 0 Å². The third kappa shape index (κ3) is 15.6. The smallest absolute Gasteiger partial charge is 0.0716 e. The molecule has 0 saturated heterocycles. The van der Waals surface area contributed by atoms with Crippen LogP contribution in [0.2, 0.25) is 0 Å². The van der Waals surface area contributed by atoms with Crippen LogP contribution in [0.3, 0.4) is 0 Å². The third-order valence-electron chi connectivity index (χ3n) is 4.78. The quantitative estimate of drug-likeness (QED) is 0.175. The summed E-state index contributed by atoms with van der Waals surface area (Å²) in [7, 11) is 0. The number of rotatable bonds is 18. The highest BCUT2D eigenvalue weighted by Gasteiger charge is 1.95. The number of alkyl halides is 1. The predicted molar refractivity (Wildman–Crippen MR) is 115 cm³/mol. The zero-order chi connectivity index (χ0) is 17.8. The van der Waals surface area contributed by atoms with E-state index in [1.54, 1.807) is 0 Å². The molecule has 0 atom stereocenters. The summed E-state index contributed by atoms with van der Waals surface area (Å²) in [5, 5.41) is 1.17. The van der Waals surface area contributed by atoms with Crippen molar-refractivity contribution in [1.29, 1.82) is 0 Å². The van der Waals surface area contributed by atoms with Crippen LogP contribution in [-0.2, 0) is 11.3 Å². The molecule has 0 N–H and O–H groups in total. The second-order valence-electron chi connectivity index (χ2n) is 7.18. The van der Waals surface area contributed by atoms with Gasteiger partial charge in [-0.1, -0.05) is 123 Å². The zero-order valence-electron chi connectivity index (χ0n) is 16.2. The van der Waals surface area contributed by atoms with Gasteiger partial charge in [0.15, 0.2) is 0 Å². The van der Waals surface area contributed by atoms with Crippen LogP contribution in [-0.4, -0.2) is 11.9 Å². The number of ether oxygens (including phenoxy) is 1. The Morgan fingerprint density at radius 1 is 0.560 bits per heavy atom. The van der Waals surface area contributed by atoms with Gasteiger partial charge in [0.1, 0.15) is 0 Å². The lowest BCUT2D eigenvalue weighted by molar-refractivity contribution is 0.116. The molecule has 1 aromatic rings. The first-order valence-electron chi connectivity index (χ1n) is 10.6. The highest BCUT2D eigenvalue weighted by molar-refractivity contribution is 9.09. The largest absolute Gasteiger partial charge is 0.377 e. The highest BCUT2D eigenvalue weighted by atomic mass is 79.9. The van der Waals surface area contributed by atoms with E-state index in [4.69, 9.17) is 4.74 Å². The summed E-state index contributed by atoms with van der Waals surface area (Å²) in [6.07, 6.45) is 19.6. The third-order valence-corrected chi connectivity index (χ3v) is 5.34. The van der Waals surface area contributed by atoms with Crippen molar-refractivity contribution in [3.63, 3.8) is 0 Å². The Labute approximate surface area is 165 Å². The molecule has 0 fully saturated rings. The lowest BCUT2D eigenvalue weighted by Crippen LogP contribution is -1.95. The molecule has 0 bridgehead atoms. The second-order valence-corrected chi connectivity index (χ2v) is 7.97. The minimum Gasteiger partial charge on any atom is -0.377 e. The molecule has 1 aromatic carbocycles. The fraction of sp³-hybridized carbons (Fsp3) is 0.739. The van der Waals surface area contributed by atoms with Crippen molar-refractivity contribution in [2.24, 2.45) is 0 Å². The van der Waals surface area contributed by atoms with Crippen LogP contribution in [0.4, 0.5) is 0 Å². The molecule has 0 aliphatic rings. The molecule has 0 aliphatic carbocycles. The molecule has 0 spiro atoms. The standard InChI is InChI=1S/C23H39BrO/c24-20-16-11-9-7-5-3-1-2-4-6-8-10-12-17-21-25-22-23-18-14-13-15-19-23/h13-15,18-19H,1-12,16-17,20-22H2. The molecule has 0 aliphatic heterocycles. The Kier molecular flexibility index (Phi) is 16.8. The van der Waals surface area contributed by atoms with Gasteiger partial charge in [0.2, 0.25) is 0 Å². The maximum atomic E-state index is 5.73. The van der Waals surface area contributed by atoms with Crippen molar-refractivity contribution >= 4 is 15.9 Å². The zero-order valence-corrected chi connectivity index (χ0v) is 17.8. The van der Waals surface area contributed by atoms with E-state index in [9.17, 15) is 0 Å². The highest BCUT2D eigenvalue weighted by Crippen LogP contribution is 2.13. The van der Waals surface area contributed by atoms with Crippen LogP contribution in [0.1, 0.15) is 95.5 Å². The Morgan fingerprint density at radius 2 is 1.00 bits per heavy atom. The van der Waals surface area contributed by atoms with Crippen molar-refractivity contribution in [2.75, 3.05) is 11.9 Å². The molecule has 144 valence electrons. The Hall–Kier alpha value is -0.340. The van der Waals surface area contributed by atoms with E-state index in [0.29, 0.717) is 0 Å². The summed E-state index contributed by atoms with van der Waals surface area (Å²) in [5.74, 6) is 0. The van der Waals surface area contributed by atoms with Gasteiger partial charge in [0.25, 0.3) is 0 Å². The van der Waals surface area contributed by atoms with Crippen LogP contribution < -0.4 is 0 Å². The van der Waals surface area contributed by atoms with Gasteiger partial charge in [-0.25, -0.2) is 0 Å². The van der Waals surface area contributed by atoms with E-state index in [-0.39, 0.29) is 0 Å². The van der Waals surface area contributed by atoms with Crippen molar-refractivity contribution in [2.45, 2.75) is 96.5 Å². The monoisotopic (exact) mass is 410 g/mol. The average molecular weight is 411 g/mol. The normalized spacial score (nSPS) is 11.1. The van der Waals surface area contributed by atoms with Gasteiger partial charge >= 0.3 is 0 Å². The van der Waals surface area contributed by atoms with Crippen LogP contribution in [0, 0.1) is 0 Å². The first kappa shape index (κ1) is 22.7. The topological polar surface area (TPSA) is 9.23 Å². The minimum atomic E-state index is 0.761. The Bertz CT molecular complexity index is 366. The van der Waals surface area contributed by atoms with Crippen LogP contribution in [0.15, 0.2) is 30.3 Å². The first-order chi connectivity index (χ1) is 12.4. The summed E-state index contributed by atoms with van der Waals surface area (Å²) in [6.45, 7) is 1.67. The molecular formula is C23H39BrO. The lowest BCUT2D eigenvalue weighted by atomic mass is 10.0. The molecular weight excluding hydrogens is 372 g/mol. The molecule has 0 unspecified atom stereocenters. The summed E-state index contributed by atoms with van der Waals surface area (Å²) >= 11 is 3.50. The van der Waals surface area contributed by atoms with E-state index in [0.717, 1.165) is 13.2 Å². The van der Waals surface area contributed by atoms with Gasteiger partial charge in [-0.15, -0.1) is 0 Å². The minimum absolute atomic E-state index is 0.761. The van der Waals surface area contributed by atoms with Gasteiger partial charge in [-0.05, 0) is 18.4 Å². The van der Waals surface area contributed by atoms with Crippen LogP contribution in [0.25, 0.3) is 0 Å². The number of halogens is 1. The van der Waals surface area contributed by atoms with E-state index in [1.807, 2.05) is 0 Å². The summed E-state index contributed by atoms with van der Waals surface area (Å²) in [6, 6.07) is 10.5. The van der Waals surface area contributed by atoms with E-state index in [1.165, 1.54) is 101 Å². The van der Waals surface area contributed by atoms with Gasteiger partial charge in [-0.2, -0.15) is 0 Å². The van der Waals surface area contributed by atoms with E-state index >= 15 is 0 Å². The first-order valence-corrected chi connectivity index (χ1v) is 11.7. The Balaban J connectivity index is 1.69. The number of hydrogen-bond donors (Lipinski definition) is 0. The Morgan fingerprint density at radius 3 is 1.48 bits per heavy atom. The van der Waals surface area contributed by atoms with Crippen LogP contribution in [0.5, 0.6) is 0 Å². The maximum absolute atomic E-state index is 5.73. The SMILES string of the molecule is BrCCCCCCCCCCCCCCCCOCc1ccccc1. The van der Waals surface area contributed by atoms with Crippen LogP contribution >= 0.6 is 15.9 Å². The molecule has 0 saturated carbocycles. The van der Waals surface area contributed by atoms with Gasteiger partial charge in [-0.3, -0.25) is 0 Å². The molecule has 0 radical (unpaired) electrons. The van der Waals surface area contributed by atoms with E-state index in [2.05, 4.69) is 46.3 Å². The number of unbranched alkanes of at least 4 members (excludes halogenated alkanes) is 13. The molecule has 1 rings (SSSR count). The molecule has 25 heavy (non-hydrogen) atoms. The molecule has 0 heterocycles. The fourth-order valence-corrected chi connectivity index (χ4v) is 3.58. The average Bonchev–Trinajstić information content (AvgIpc) is 2.65. The fourth-order valence-electron chi connectivity index (χ4n) is 3.18. The summed E-state index contributed by atoms with van der Waals surface area (Å²) in [4.78, 5) is 0. The van der Waals surface area contributed by atoms with Gasteiger partial charge in [0, 0.05) is 11.9 Å². The maximum Gasteiger partial charge on any atom is 0.0716 e. The summed E-state index contributed by atoms with van der Waals surface area (Å²) < 4.78 is 5.73. The summed E-state index contributed by atoms with van der Waals surface area (Å²) in [5.41, 5.74) is 1.28. The molecule has 1 nitrogen and oxygen atoms in total. The van der Waals surface area contributed by atoms with E-state index < -0.39 is 0 Å². The molecule has 0 aromatic heterocycles. The molecule has 0 amide bonds. The lowest BCUT2D eigenvalue weighted by Gasteiger charge is -2.05. The van der Waals surface area contributed by atoms with Crippen molar-refractivity contribution in [3.8, 4) is 0 Å². The van der Waals surface area contributed by atoms with Gasteiger partial charge in [0.05, 0.1) is 6.61 Å². The van der Waals surface area contributed by atoms with Crippen molar-refractivity contribution < 1.29 is 4.74 Å². The predicted octanol–water partition coefficient (Wildman–Crippen LogP) is 8.06. The van der Waals surface area contributed by atoms with Crippen molar-refractivity contribution in [3.05, 3.63) is 35.9 Å². The number of hydrogen-bond acceptors (Lipinski definition) is 1. The second kappa shape index (κ2) is 18.5. The molecule has 2 heteroatoms.